The molecule has 0 unspecified atom stereocenters. The highest BCUT2D eigenvalue weighted by molar-refractivity contribution is 6.43. The lowest BCUT2D eigenvalue weighted by Crippen LogP contribution is -2.18. The summed E-state index contributed by atoms with van der Waals surface area (Å²) in [5, 5.41) is 23.6. The molecule has 0 amide bonds. The summed E-state index contributed by atoms with van der Waals surface area (Å²) in [5.74, 6) is 0. The smallest absolute Gasteiger partial charge is 0.278 e. The maximum atomic E-state index is 14.8. The van der Waals surface area contributed by atoms with Gasteiger partial charge < -0.3 is 5.73 Å². The minimum atomic E-state index is -0.421. The Morgan fingerprint density at radius 3 is 1.55 bits per heavy atom. The Morgan fingerprint density at radius 1 is 0.536 bits per heavy atom. The molecule has 0 aliphatic heterocycles. The quantitative estimate of drug-likeness (QED) is 0.0585. The molecule has 4 heterocycles. The van der Waals surface area contributed by atoms with E-state index >= 15 is 0 Å². The Morgan fingerprint density at radius 2 is 1.02 bits per heavy atom. The number of rotatable bonds is 1. The Labute approximate surface area is 312 Å². The molecule has 0 aliphatic rings. The first kappa shape index (κ1) is 29.7. The van der Waals surface area contributed by atoms with Gasteiger partial charge in [0, 0.05) is 60.2 Å². The van der Waals surface area contributed by atoms with Crippen LogP contribution in [0.15, 0.2) is 107 Å². The lowest BCUT2D eigenvalue weighted by molar-refractivity contribution is -0.382. The summed E-state index contributed by atoms with van der Waals surface area (Å²) >= 11 is 0. The number of nitro benzene ring substituents is 1. The normalized spacial score (nSPS) is 12.8. The number of nitrogen functional groups attached to an aromatic ring is 1. The van der Waals surface area contributed by atoms with Crippen LogP contribution in [0.3, 0.4) is 0 Å². The minimum absolute atomic E-state index is 0.203. The van der Waals surface area contributed by atoms with E-state index in [1.807, 2.05) is 86.6 Å². The molecular weight excluding hydrogens is 701 g/mol. The van der Waals surface area contributed by atoms with Crippen molar-refractivity contribution in [3.8, 4) is 0 Å². The van der Waals surface area contributed by atoms with E-state index in [2.05, 4.69) is 12.1 Å². The van der Waals surface area contributed by atoms with Crippen LogP contribution in [0.5, 0.6) is 0 Å². The number of nitrogens with two attached hydrogens (primary N) is 1. The van der Waals surface area contributed by atoms with Gasteiger partial charge in [-0.05, 0) is 89.0 Å². The molecule has 0 aliphatic carbocycles. The predicted molar refractivity (Wildman–Crippen MR) is 226 cm³/mol. The first-order valence-electron chi connectivity index (χ1n) is 18.3. The molecule has 0 spiro atoms. The summed E-state index contributed by atoms with van der Waals surface area (Å²) in [6.45, 7) is 4.04. The average Bonchev–Trinajstić information content (AvgIpc) is 3.18. The number of anilines is 1. The summed E-state index contributed by atoms with van der Waals surface area (Å²) in [6, 6.07) is 30.7. The van der Waals surface area contributed by atoms with Crippen molar-refractivity contribution in [1.29, 1.82) is 0 Å². The fourth-order valence-electron chi connectivity index (χ4n) is 10.2. The van der Waals surface area contributed by atoms with Crippen LogP contribution in [0, 0.1) is 24.0 Å². The van der Waals surface area contributed by atoms with E-state index in [9.17, 15) is 19.7 Å². The standard InChI is InChI=1S/C46H24N6O4/c1-19-13-21-5-3-7-32-35(21)30(15-19)48-43-25-12-10-24-40-34(52(55)56)18-28-38-26(44-49-31-16-20(2)14-22-6-4-8-33(36(22)31)51(44)46(28)54)11-9-23(42(38)40)39-29(47)17-27(37(25)41(24)39)45(53)50(32)43/h3-18H,47H2,1-2H3. The number of aromatic nitrogens is 4. The fraction of sp³-hybridized carbons (Fsp3) is 0.0435. The fourth-order valence-corrected chi connectivity index (χ4v) is 10.2. The van der Waals surface area contributed by atoms with Crippen molar-refractivity contribution in [1.82, 2.24) is 18.8 Å². The number of hydrogen-bond donors (Lipinski definition) is 1. The molecule has 0 saturated heterocycles. The molecule has 0 fully saturated rings. The van der Waals surface area contributed by atoms with E-state index in [-0.39, 0.29) is 16.6 Å². The van der Waals surface area contributed by atoms with Gasteiger partial charge in [0.25, 0.3) is 16.8 Å². The Balaban J connectivity index is 1.29. The van der Waals surface area contributed by atoms with Crippen molar-refractivity contribution >= 4 is 131 Å². The summed E-state index contributed by atoms with van der Waals surface area (Å²) in [6.07, 6.45) is 0. The van der Waals surface area contributed by atoms with Gasteiger partial charge >= 0.3 is 0 Å². The predicted octanol–water partition coefficient (Wildman–Crippen LogP) is 9.66. The van der Waals surface area contributed by atoms with Gasteiger partial charge in [-0.2, -0.15) is 0 Å². The van der Waals surface area contributed by atoms with Crippen molar-refractivity contribution < 1.29 is 4.92 Å². The molecule has 13 aromatic rings. The van der Waals surface area contributed by atoms with Crippen LogP contribution in [-0.4, -0.2) is 23.7 Å². The number of hydrogen-bond acceptors (Lipinski definition) is 7. The first-order chi connectivity index (χ1) is 27.2. The summed E-state index contributed by atoms with van der Waals surface area (Å²) < 4.78 is 3.25. The third-order valence-electron chi connectivity index (χ3n) is 12.2. The molecule has 0 radical (unpaired) electrons. The summed E-state index contributed by atoms with van der Waals surface area (Å²) in [4.78, 5) is 52.6. The SMILES string of the molecule is Cc1cc2cccc3c2c(c1)nc1c2ccc4c5c([N+](=O)[O-])cc6c(=O)n7c8cccc9cc(C)cc(nc7c7ccc(c%10c(N)cc(c(=O)n31)c2c4%10)c5c67)c98. The molecule has 262 valence electrons. The highest BCUT2D eigenvalue weighted by Crippen LogP contribution is 2.50. The highest BCUT2D eigenvalue weighted by atomic mass is 16.6. The van der Waals surface area contributed by atoms with Gasteiger partial charge in [-0.1, -0.05) is 48.5 Å². The zero-order valence-corrected chi connectivity index (χ0v) is 29.7. The van der Waals surface area contributed by atoms with Crippen molar-refractivity contribution in [2.24, 2.45) is 0 Å². The van der Waals surface area contributed by atoms with Gasteiger partial charge in [-0.25, -0.2) is 9.97 Å². The number of benzene rings is 9. The van der Waals surface area contributed by atoms with Gasteiger partial charge in [-0.15, -0.1) is 0 Å². The van der Waals surface area contributed by atoms with Crippen LogP contribution in [0.25, 0.3) is 120 Å². The monoisotopic (exact) mass is 724 g/mol. The van der Waals surface area contributed by atoms with Crippen molar-refractivity contribution in [2.45, 2.75) is 13.8 Å². The summed E-state index contributed by atoms with van der Waals surface area (Å²) in [5.41, 5.74) is 12.5. The number of pyridine rings is 2. The zero-order valence-electron chi connectivity index (χ0n) is 29.7. The topological polar surface area (TPSA) is 138 Å². The highest BCUT2D eigenvalue weighted by Gasteiger charge is 2.29. The van der Waals surface area contributed by atoms with Crippen molar-refractivity contribution in [2.75, 3.05) is 5.73 Å². The van der Waals surface area contributed by atoms with E-state index in [4.69, 9.17) is 15.7 Å². The molecule has 2 N–H and O–H groups in total. The number of non-ortho nitro benzene ring substituents is 1. The second-order valence-corrected chi connectivity index (χ2v) is 15.3. The van der Waals surface area contributed by atoms with Crippen molar-refractivity contribution in [3.05, 3.63) is 139 Å². The number of nitro groups is 1. The Hall–Kier alpha value is -7.72. The molecule has 56 heavy (non-hydrogen) atoms. The molecule has 0 atom stereocenters. The first-order valence-corrected chi connectivity index (χ1v) is 18.3. The lowest BCUT2D eigenvalue weighted by Gasteiger charge is -2.21. The molecule has 10 heteroatoms. The molecule has 0 saturated carbocycles. The maximum absolute atomic E-state index is 14.8. The average molecular weight is 725 g/mol. The number of nitrogens with zero attached hydrogens (tertiary/aromatic N) is 5. The van der Waals surface area contributed by atoms with Gasteiger partial charge in [0.1, 0.15) is 11.3 Å². The minimum Gasteiger partial charge on any atom is -0.398 e. The van der Waals surface area contributed by atoms with Gasteiger partial charge in [0.15, 0.2) is 0 Å². The Kier molecular flexibility index (Phi) is 5.04. The zero-order chi connectivity index (χ0) is 37.6. The van der Waals surface area contributed by atoms with Crippen LogP contribution < -0.4 is 16.9 Å². The van der Waals surface area contributed by atoms with Gasteiger partial charge in [0.05, 0.1) is 43.1 Å². The van der Waals surface area contributed by atoms with E-state index in [0.717, 1.165) is 54.6 Å². The van der Waals surface area contributed by atoms with E-state index in [0.29, 0.717) is 76.4 Å². The third kappa shape index (κ3) is 3.27. The Bertz CT molecular complexity index is 4170. The number of aryl methyl sites for hydroxylation is 2. The molecule has 4 aromatic heterocycles. The van der Waals surface area contributed by atoms with Gasteiger partial charge in [0.2, 0.25) is 0 Å². The molecule has 0 bridgehead atoms. The summed E-state index contributed by atoms with van der Waals surface area (Å²) in [7, 11) is 0. The second-order valence-electron chi connectivity index (χ2n) is 15.3. The molecular formula is C46H24N6O4. The molecule has 9 aromatic carbocycles. The van der Waals surface area contributed by atoms with Crippen LogP contribution >= 0.6 is 0 Å². The van der Waals surface area contributed by atoms with Crippen LogP contribution in [-0.2, 0) is 0 Å². The largest absolute Gasteiger partial charge is 0.398 e. The third-order valence-corrected chi connectivity index (χ3v) is 12.2. The molecule has 13 rings (SSSR count). The molecule has 10 nitrogen and oxygen atoms in total. The van der Waals surface area contributed by atoms with E-state index in [1.54, 1.807) is 14.9 Å². The number of fused-ring (bicyclic) bond motifs is 8. The maximum Gasteiger partial charge on any atom is 0.278 e. The van der Waals surface area contributed by atoms with Crippen molar-refractivity contribution in [3.63, 3.8) is 0 Å². The van der Waals surface area contributed by atoms with E-state index in [1.165, 1.54) is 6.07 Å². The van der Waals surface area contributed by atoms with Crippen LogP contribution in [0.4, 0.5) is 11.4 Å². The lowest BCUT2D eigenvalue weighted by atomic mass is 9.84. The van der Waals surface area contributed by atoms with Crippen LogP contribution in [0.1, 0.15) is 11.1 Å². The van der Waals surface area contributed by atoms with Crippen LogP contribution in [0.2, 0.25) is 0 Å². The van der Waals surface area contributed by atoms with Gasteiger partial charge in [-0.3, -0.25) is 28.5 Å². The second kappa shape index (κ2) is 9.49. The van der Waals surface area contributed by atoms with E-state index < -0.39 is 10.5 Å².